The molecule has 0 aliphatic carbocycles. The molecule has 0 atom stereocenters. The first kappa shape index (κ1) is 47.4. The van der Waals surface area contributed by atoms with E-state index in [0.717, 1.165) is 0 Å². The number of fused-ring (bicyclic) bond motifs is 2. The summed E-state index contributed by atoms with van der Waals surface area (Å²) in [5.74, 6) is -4.14. The summed E-state index contributed by atoms with van der Waals surface area (Å²) >= 11 is 0. The Hall–Kier alpha value is -5.24. The topological polar surface area (TPSA) is 257 Å². The minimum Gasteiger partial charge on any atom is -0.478 e. The van der Waals surface area contributed by atoms with Crippen molar-refractivity contribution < 1.29 is 59.6 Å². The number of nitrogens with one attached hydrogen (secondary N) is 3. The highest BCUT2D eigenvalue weighted by Gasteiger charge is 2.47. The van der Waals surface area contributed by atoms with Crippen LogP contribution in [0.1, 0.15) is 109 Å². The molecule has 326 valence electrons. The summed E-state index contributed by atoms with van der Waals surface area (Å²) in [4.78, 5) is 66.4. The minimum absolute atomic E-state index is 0.00362. The van der Waals surface area contributed by atoms with Crippen molar-refractivity contribution in [1.82, 2.24) is 16.0 Å². The van der Waals surface area contributed by atoms with E-state index < -0.39 is 66.1 Å². The van der Waals surface area contributed by atoms with Gasteiger partial charge in [0, 0.05) is 79.0 Å². The van der Waals surface area contributed by atoms with Gasteiger partial charge < -0.3 is 26.0 Å². The second kappa shape index (κ2) is 19.0. The quantitative estimate of drug-likeness (QED) is 0.0634. The van der Waals surface area contributed by atoms with Crippen molar-refractivity contribution >= 4 is 66.8 Å². The molecule has 6 N–H and O–H groups in total. The van der Waals surface area contributed by atoms with E-state index >= 15 is 0 Å². The van der Waals surface area contributed by atoms with Crippen LogP contribution >= 0.6 is 0 Å². The Balaban J connectivity index is 1.91. The highest BCUT2D eigenvalue weighted by molar-refractivity contribution is 7.86. The number of hydrogen-bond donors (Lipinski definition) is 6. The highest BCUT2D eigenvalue weighted by atomic mass is 32.2. The van der Waals surface area contributed by atoms with Gasteiger partial charge in [0.15, 0.2) is 11.5 Å². The SMILES string of the molecule is CCNC(=O)CCC(=O)c1cc(C(=O)NCC(=O)NCC)cc2c1C(C)(C)C(=CC=CC1=[N+](CCCS(=O)(=O)O)c3cccc(C(=O)O)c3C1(C)C)N2CCCS(=O)(=O)O. The zero-order valence-electron chi connectivity index (χ0n) is 34.6. The number of aromatic carboxylic acids is 1. The van der Waals surface area contributed by atoms with Gasteiger partial charge in [-0.15, -0.1) is 0 Å². The number of likely N-dealkylation sites (N-methyl/N-ethyl adjacent to an activating group) is 1. The van der Waals surface area contributed by atoms with Crippen molar-refractivity contribution in [2.75, 3.05) is 49.1 Å². The van der Waals surface area contributed by atoms with Crippen LogP contribution in [0.5, 0.6) is 0 Å². The second-order valence-corrected chi connectivity index (χ2v) is 18.7. The van der Waals surface area contributed by atoms with E-state index in [1.54, 1.807) is 59.8 Å². The van der Waals surface area contributed by atoms with E-state index in [1.165, 1.54) is 12.1 Å². The number of rotatable bonds is 20. The first-order valence-corrected chi connectivity index (χ1v) is 22.8. The largest absolute Gasteiger partial charge is 0.478 e. The van der Waals surface area contributed by atoms with Crippen LogP contribution in [0.3, 0.4) is 0 Å². The lowest BCUT2D eigenvalue weighted by molar-refractivity contribution is -0.437. The molecule has 0 fully saturated rings. The summed E-state index contributed by atoms with van der Waals surface area (Å²) in [6.07, 6.45) is 4.83. The highest BCUT2D eigenvalue weighted by Crippen LogP contribution is 2.50. The molecule has 2 aliphatic heterocycles. The van der Waals surface area contributed by atoms with E-state index in [0.29, 0.717) is 47.0 Å². The number of carbonyl (C=O) groups excluding carboxylic acids is 4. The van der Waals surface area contributed by atoms with Gasteiger partial charge in [0.05, 0.1) is 34.6 Å². The van der Waals surface area contributed by atoms with Crippen molar-refractivity contribution in [2.45, 2.75) is 78.1 Å². The van der Waals surface area contributed by atoms with E-state index in [2.05, 4.69) is 16.0 Å². The van der Waals surface area contributed by atoms with E-state index in [-0.39, 0.29) is 67.9 Å². The van der Waals surface area contributed by atoms with E-state index in [1.807, 2.05) is 27.7 Å². The van der Waals surface area contributed by atoms with Gasteiger partial charge in [-0.25, -0.2) is 4.79 Å². The van der Waals surface area contributed by atoms with Gasteiger partial charge >= 0.3 is 5.97 Å². The molecule has 0 radical (unpaired) electrons. The van der Waals surface area contributed by atoms with Gasteiger partial charge in [-0.2, -0.15) is 21.4 Å². The molecule has 0 aromatic heterocycles. The van der Waals surface area contributed by atoms with Crippen molar-refractivity contribution in [3.63, 3.8) is 0 Å². The normalized spacial score (nSPS) is 16.2. The van der Waals surface area contributed by atoms with Crippen molar-refractivity contribution in [3.8, 4) is 0 Å². The van der Waals surface area contributed by atoms with Gasteiger partial charge in [-0.1, -0.05) is 26.0 Å². The number of Topliss-reactive ketones (excluding diaryl/α,β-unsaturated/α-hetero) is 1. The van der Waals surface area contributed by atoms with Gasteiger partial charge in [-0.3, -0.25) is 28.3 Å². The molecule has 17 nitrogen and oxygen atoms in total. The van der Waals surface area contributed by atoms with Crippen molar-refractivity contribution in [1.29, 1.82) is 0 Å². The molecule has 0 unspecified atom stereocenters. The average molecular weight is 873 g/mol. The van der Waals surface area contributed by atoms with E-state index in [4.69, 9.17) is 0 Å². The van der Waals surface area contributed by atoms with Crippen LogP contribution in [0.4, 0.5) is 11.4 Å². The van der Waals surface area contributed by atoms with Crippen molar-refractivity contribution in [2.24, 2.45) is 0 Å². The molecule has 0 spiro atoms. The average Bonchev–Trinajstić information content (AvgIpc) is 3.49. The lowest BCUT2D eigenvalue weighted by Gasteiger charge is -2.27. The molecule has 4 rings (SSSR count). The maximum absolute atomic E-state index is 14.1. The third-order valence-electron chi connectivity index (χ3n) is 10.5. The molecule has 2 heterocycles. The number of carboxylic acids is 1. The Kier molecular flexibility index (Phi) is 15.0. The third-order valence-corrected chi connectivity index (χ3v) is 12.1. The number of nitrogens with zero attached hydrogens (tertiary/aromatic N) is 2. The summed E-state index contributed by atoms with van der Waals surface area (Å²) in [7, 11) is -8.67. The first-order chi connectivity index (χ1) is 27.9. The van der Waals surface area contributed by atoms with Gasteiger partial charge in [-0.05, 0) is 64.0 Å². The van der Waals surface area contributed by atoms with Crippen LogP contribution < -0.4 is 20.9 Å². The van der Waals surface area contributed by atoms with Crippen LogP contribution in [-0.2, 0) is 40.7 Å². The molecule has 60 heavy (non-hydrogen) atoms. The molecular weight excluding hydrogens is 819 g/mol. The summed E-state index contributed by atoms with van der Waals surface area (Å²) in [6.45, 7) is 11.3. The number of carboxylic acid groups (broad SMARTS) is 1. The predicted octanol–water partition coefficient (Wildman–Crippen LogP) is 3.52. The molecule has 2 aromatic rings. The number of hydrogen-bond acceptors (Lipinski definition) is 10. The summed E-state index contributed by atoms with van der Waals surface area (Å²) in [5, 5.41) is 17.9. The molecular formula is C41H54N5O12S2+. The maximum atomic E-state index is 14.1. The summed E-state index contributed by atoms with van der Waals surface area (Å²) in [5.41, 5.74) is 1.42. The van der Waals surface area contributed by atoms with Crippen LogP contribution in [0.2, 0.25) is 0 Å². The first-order valence-electron chi connectivity index (χ1n) is 19.6. The fraction of sp³-hybridized carbons (Fsp3) is 0.463. The van der Waals surface area contributed by atoms with Gasteiger partial charge in [0.1, 0.15) is 6.54 Å². The number of ketones is 1. The Labute approximate surface area is 350 Å². The molecule has 19 heteroatoms. The molecule has 0 saturated heterocycles. The van der Waals surface area contributed by atoms with Gasteiger partial charge in [0.25, 0.3) is 26.1 Å². The molecule has 0 bridgehead atoms. The number of benzene rings is 2. The monoisotopic (exact) mass is 872 g/mol. The maximum Gasteiger partial charge on any atom is 0.336 e. The lowest BCUT2D eigenvalue weighted by Crippen LogP contribution is -2.36. The molecule has 2 aliphatic rings. The number of amides is 3. The minimum atomic E-state index is -4.38. The Morgan fingerprint density at radius 2 is 1.43 bits per heavy atom. The van der Waals surface area contributed by atoms with E-state index in [9.17, 15) is 55.0 Å². The third kappa shape index (κ3) is 11.1. The van der Waals surface area contributed by atoms with Crippen molar-refractivity contribution in [3.05, 3.63) is 82.1 Å². The number of carbonyl (C=O) groups is 5. The zero-order chi connectivity index (χ0) is 44.8. The van der Waals surface area contributed by atoms with Crippen LogP contribution in [0, 0.1) is 0 Å². The van der Waals surface area contributed by atoms with Crippen LogP contribution in [0.25, 0.3) is 0 Å². The fourth-order valence-electron chi connectivity index (χ4n) is 7.93. The summed E-state index contributed by atoms with van der Waals surface area (Å²) in [6, 6.07) is 7.77. The van der Waals surface area contributed by atoms with Crippen LogP contribution in [0.15, 0.2) is 54.3 Å². The molecule has 3 amide bonds. The molecule has 0 saturated carbocycles. The zero-order valence-corrected chi connectivity index (χ0v) is 36.3. The Bertz CT molecular complexity index is 2380. The smallest absolute Gasteiger partial charge is 0.336 e. The predicted molar refractivity (Wildman–Crippen MR) is 226 cm³/mol. The summed E-state index contributed by atoms with van der Waals surface area (Å²) < 4.78 is 67.9. The van der Waals surface area contributed by atoms with Crippen LogP contribution in [-0.4, -0.2) is 115 Å². The second-order valence-electron chi connectivity index (χ2n) is 15.6. The molecule has 2 aromatic carbocycles. The Morgan fingerprint density at radius 3 is 2.05 bits per heavy atom. The van der Waals surface area contributed by atoms with Gasteiger partial charge in [0.2, 0.25) is 17.5 Å². The lowest BCUT2D eigenvalue weighted by atomic mass is 9.78. The standard InChI is InChI=1S/C41H53N5O12S2/c1-7-42-34(48)18-17-31(47)28-23-26(38(50)44-25-35(49)43-8-2)24-30-37(28)41(5,6)33(46(30)20-12-22-60(56,57)58)16-10-15-32-40(3,4)36-27(39(51)52)13-9-14-29(36)45(32)19-11-21-59(53,54)55/h9-10,13-16,23-24H,7-8,11-12,17-22,25H2,1-6H3,(H5-,42,43,44,48,49,50,51,52,53,54,55,56,57,58)/p+1. The Morgan fingerprint density at radius 1 is 0.800 bits per heavy atom. The number of allylic oxidation sites excluding steroid dienone is 4. The number of anilines is 1. The fourth-order valence-corrected chi connectivity index (χ4v) is 8.91.